The zero-order valence-electron chi connectivity index (χ0n) is 53.8. The van der Waals surface area contributed by atoms with Gasteiger partial charge in [0.05, 0.1) is 57.6 Å². The number of thioether (sulfide) groups is 1. The summed E-state index contributed by atoms with van der Waals surface area (Å²) in [6.07, 6.45) is -23.4. The van der Waals surface area contributed by atoms with Crippen LogP contribution >= 0.6 is 43.1 Å². The summed E-state index contributed by atoms with van der Waals surface area (Å²) in [5.41, 5.74) is 11.2. The van der Waals surface area contributed by atoms with Crippen LogP contribution in [-0.2, 0) is 85.0 Å². The number of amides is 2. The van der Waals surface area contributed by atoms with E-state index in [0.717, 1.165) is 36.8 Å². The van der Waals surface area contributed by atoms with Crippen molar-refractivity contribution in [2.75, 3.05) is 78.5 Å². The van der Waals surface area contributed by atoms with Crippen LogP contribution in [0.15, 0.2) is 41.7 Å². The number of phosphoric acid groups is 4. The van der Waals surface area contributed by atoms with Crippen LogP contribution < -0.4 is 42.8 Å². The number of aliphatic hydroxyl groups is 7. The fourth-order valence-electron chi connectivity index (χ4n) is 11.1. The third-order valence-corrected chi connectivity index (χ3v) is 21.3. The minimum Gasteiger partial charge on any atom is -0.481 e. The molecule has 44 nitrogen and oxygen atoms in total. The molecule has 0 bridgehead atoms. The van der Waals surface area contributed by atoms with Crippen molar-refractivity contribution in [1.82, 2.24) is 40.1 Å². The number of fused-ring (bicyclic) bond motifs is 4. The van der Waals surface area contributed by atoms with Gasteiger partial charge in [-0.1, -0.05) is 37.7 Å². The molecule has 8 rings (SSSR count). The Morgan fingerprint density at radius 3 is 2.19 bits per heavy atom. The predicted molar refractivity (Wildman–Crippen MR) is 345 cm³/mol. The van der Waals surface area contributed by atoms with Crippen molar-refractivity contribution in [3.05, 3.63) is 52.8 Å². The molecular weight excluding hydrogens is 1460 g/mol. The Bertz CT molecular complexity index is 3850. The Morgan fingerprint density at radius 1 is 0.832 bits per heavy atom. The van der Waals surface area contributed by atoms with Gasteiger partial charge < -0.3 is 117 Å². The van der Waals surface area contributed by atoms with E-state index in [9.17, 15) is 108 Å². The predicted octanol–water partition coefficient (Wildman–Crippen LogP) is -3.66. The Morgan fingerprint density at radius 2 is 1.50 bits per heavy atom. The number of carboxylic acids is 1. The lowest BCUT2D eigenvalue weighted by molar-refractivity contribution is -0.192. The van der Waals surface area contributed by atoms with Crippen LogP contribution in [-0.4, -0.2) is 261 Å². The molecule has 1 aromatic carbocycles. The van der Waals surface area contributed by atoms with Gasteiger partial charge in [-0.05, 0) is 38.0 Å². The molecule has 3 fully saturated rings. The van der Waals surface area contributed by atoms with Crippen molar-refractivity contribution in [3.63, 3.8) is 0 Å². The summed E-state index contributed by atoms with van der Waals surface area (Å²) >= 11 is 0.443. The number of H-pyrrole nitrogens is 1. The number of nitrogen functional groups attached to an aromatic ring is 2. The summed E-state index contributed by atoms with van der Waals surface area (Å²) in [4.78, 5) is 136. The second-order valence-corrected chi connectivity index (χ2v) is 31.0. The molecule has 7 heterocycles. The smallest absolute Gasteiger partial charge is 0.481 e. The van der Waals surface area contributed by atoms with Crippen LogP contribution in [0.1, 0.15) is 58.7 Å². The fraction of sp³-hybridized carbons (Fsp3) is 0.635. The average molecular weight is 1540 g/mol. The van der Waals surface area contributed by atoms with Crippen LogP contribution in [0, 0.1) is 5.41 Å². The van der Waals surface area contributed by atoms with E-state index < -0.39 is 192 Å². The monoisotopic (exact) mass is 1540 g/mol. The number of hydrogen-bond acceptors (Lipinski definition) is 35. The largest absolute Gasteiger partial charge is 0.481 e. The first-order valence-corrected chi connectivity index (χ1v) is 37.5. The molecule has 4 aliphatic rings. The van der Waals surface area contributed by atoms with Gasteiger partial charge in [0, 0.05) is 55.2 Å². The molecule has 21 N–H and O–H groups in total. The standard InChI is InChI=1S/C52H79N13O31P4S/c1-23-35-24(2)64(22-65(35)36-44(60-23)61-51(54)62-46(36)76)26-7-5-25(6-8-26)15-27(66)37(71)28(67)16-88-50-39(73)38(72)30(93-50)17-89-98(82,83)94-29(9-10-33(69)70)49(78)101-14-13-55-32(68)11-12-56-47(77)42(75)52(3,4)19-91-100(86,87)96-99(84,85)90-18-31-41(95-97(79,80)81)40(74)48(92-31)63-21-59-34-43(53)57-20-58-45(34)63/h5-8,20-21,23-24,27-31,35,37-42,48,50,66-67,71-75H,9-19,22H2,1-4H3,(H,55,68)(H,56,77)(H,69,70)(H,82,83)(H,84,85)(H,86,87)(H2,53,57,58)(H2,79,80,81)(H4,54,60,61,62,76). The lowest BCUT2D eigenvalue weighted by Gasteiger charge is -2.37. The number of hydrogen-bond donors (Lipinski definition) is 19. The van der Waals surface area contributed by atoms with Gasteiger partial charge in [-0.15, -0.1) is 0 Å². The number of nitrogens with zero attached hydrogens (tertiary/aromatic N) is 7. The van der Waals surface area contributed by atoms with Gasteiger partial charge in [-0.25, -0.2) is 33.2 Å². The molecule has 2 amide bonds. The van der Waals surface area contributed by atoms with Gasteiger partial charge in [-0.3, -0.25) is 56.1 Å². The number of anilines is 5. The topological polar surface area (TPSA) is 667 Å². The first-order chi connectivity index (χ1) is 47.1. The maximum absolute atomic E-state index is 13.2. The second kappa shape index (κ2) is 33.5. The average Bonchev–Trinajstić information content (AvgIpc) is 1.62. The van der Waals surface area contributed by atoms with Crippen LogP contribution in [0.25, 0.3) is 11.2 Å². The number of aliphatic carboxylic acids is 1. The molecule has 4 aromatic rings. The van der Waals surface area contributed by atoms with Crippen molar-refractivity contribution in [3.8, 4) is 0 Å². The van der Waals surface area contributed by atoms with E-state index in [1.165, 1.54) is 0 Å². The second-order valence-electron chi connectivity index (χ2n) is 24.3. The molecule has 564 valence electrons. The van der Waals surface area contributed by atoms with Crippen LogP contribution in [0.4, 0.5) is 29.0 Å². The first-order valence-electron chi connectivity index (χ1n) is 30.5. The van der Waals surface area contributed by atoms with Crippen molar-refractivity contribution >= 4 is 106 Å². The normalized spacial score (nSPS) is 26.3. The molecule has 101 heavy (non-hydrogen) atoms. The third kappa shape index (κ3) is 21.0. The molecule has 0 spiro atoms. The number of carbonyl (C=O) groups is 4. The number of aliphatic hydroxyl groups excluding tert-OH is 7. The van der Waals surface area contributed by atoms with Crippen molar-refractivity contribution in [2.24, 2.45) is 5.41 Å². The molecule has 49 heteroatoms. The van der Waals surface area contributed by atoms with Gasteiger partial charge in [0.2, 0.25) is 22.9 Å². The summed E-state index contributed by atoms with van der Waals surface area (Å²) in [5, 5.41) is 91.8. The highest BCUT2D eigenvalue weighted by Crippen LogP contribution is 2.61. The zero-order valence-corrected chi connectivity index (χ0v) is 58.2. The number of carboxylic acid groups (broad SMARTS) is 1. The molecule has 0 radical (unpaired) electrons. The summed E-state index contributed by atoms with van der Waals surface area (Å²) in [6.45, 7) is 1.99. The highest BCUT2D eigenvalue weighted by molar-refractivity contribution is 8.13. The molecule has 3 aromatic heterocycles. The lowest BCUT2D eigenvalue weighted by atomic mass is 9.87. The van der Waals surface area contributed by atoms with Crippen LogP contribution in [0.5, 0.6) is 0 Å². The van der Waals surface area contributed by atoms with Crippen molar-refractivity contribution in [1.29, 1.82) is 0 Å². The maximum Gasteiger partial charge on any atom is 0.481 e. The highest BCUT2D eigenvalue weighted by Gasteiger charge is 2.52. The fourth-order valence-corrected chi connectivity index (χ4v) is 15.7. The quantitative estimate of drug-likeness (QED) is 0.0154. The summed E-state index contributed by atoms with van der Waals surface area (Å²) in [5.74, 6) is -3.25. The summed E-state index contributed by atoms with van der Waals surface area (Å²) < 4.78 is 96.5. The van der Waals surface area contributed by atoms with Crippen molar-refractivity contribution in [2.45, 2.75) is 151 Å². The maximum atomic E-state index is 13.2. The molecule has 19 atom stereocenters. The number of nitrogens with one attached hydrogen (secondary N) is 4. The number of carbonyl (C=O) groups excluding carboxylic acids is 3. The number of aromatic amines is 1. The number of ether oxygens (including phenoxy) is 3. The van der Waals surface area contributed by atoms with E-state index in [4.69, 9.17) is 43.8 Å². The van der Waals surface area contributed by atoms with Gasteiger partial charge in [0.15, 0.2) is 29.8 Å². The van der Waals surface area contributed by atoms with Gasteiger partial charge in [0.25, 0.3) is 5.56 Å². The number of nitrogens with two attached hydrogens (primary N) is 2. The van der Waals surface area contributed by atoms with E-state index in [1.807, 2.05) is 18.7 Å². The summed E-state index contributed by atoms with van der Waals surface area (Å²) in [7, 11) is -22.1. The van der Waals surface area contributed by atoms with E-state index in [1.54, 1.807) is 24.3 Å². The van der Waals surface area contributed by atoms with Crippen LogP contribution in [0.3, 0.4) is 0 Å². The van der Waals surface area contributed by atoms with E-state index in [0.29, 0.717) is 35.5 Å². The highest BCUT2D eigenvalue weighted by atomic mass is 32.2. The minimum absolute atomic E-state index is 0.0164. The zero-order chi connectivity index (χ0) is 74.4. The lowest BCUT2D eigenvalue weighted by Crippen LogP contribution is -2.52. The molecule has 0 saturated carbocycles. The molecule has 3 saturated heterocycles. The number of benzene rings is 1. The number of imidazole rings is 1. The van der Waals surface area contributed by atoms with Gasteiger partial charge in [-0.2, -0.15) is 9.29 Å². The SMILES string of the molecule is CC1Nc2nc(N)[nH]c(=O)c2N2CN(c3ccc(CC(O)C(O)C(O)COC4OC(COP(=O)(O)OC(CCC(=O)O)C(=O)SCCNC(=O)CCNC(=O)C(O)C(C)(C)COP(=O)(O)OP(=O)(O)OCC5OC(n6cnc7c(N)ncnc76)C(O)C5OP(=O)(O)O)C(O)C4O)cc3)C(C)C12. The molecule has 4 aliphatic heterocycles. The summed E-state index contributed by atoms with van der Waals surface area (Å²) in [6, 6.07) is 6.78. The van der Waals surface area contributed by atoms with Gasteiger partial charge >= 0.3 is 37.3 Å². The van der Waals surface area contributed by atoms with Crippen molar-refractivity contribution < 1.29 is 144 Å². The van der Waals surface area contributed by atoms with E-state index >= 15 is 0 Å². The molecule has 19 unspecified atom stereocenters. The Labute approximate surface area is 576 Å². The van der Waals surface area contributed by atoms with Gasteiger partial charge in [0.1, 0.15) is 78.6 Å². The Hall–Kier alpha value is -5.84. The molecule has 0 aliphatic carbocycles. The number of rotatable bonds is 36. The van der Waals surface area contributed by atoms with E-state index in [-0.39, 0.29) is 65.3 Å². The first kappa shape index (κ1) is 80.8. The molecular formula is C52H79N13O31P4S. The number of aromatic nitrogens is 6. The Balaban J connectivity index is 0.710. The Kier molecular flexibility index (Phi) is 26.8. The number of phosphoric ester groups is 4. The van der Waals surface area contributed by atoms with Crippen LogP contribution in [0.2, 0.25) is 0 Å². The van der Waals surface area contributed by atoms with E-state index in [2.05, 4.69) is 54.6 Å². The third-order valence-electron chi connectivity index (χ3n) is 16.3. The minimum atomic E-state index is -5.70.